The lowest BCUT2D eigenvalue weighted by molar-refractivity contribution is -0.138. The van der Waals surface area contributed by atoms with Gasteiger partial charge in [-0.05, 0) is 75.1 Å². The normalized spacial score (nSPS) is 21.0. The molecule has 2 aliphatic heterocycles. The Morgan fingerprint density at radius 3 is 2.64 bits per heavy atom. The zero-order valence-electron chi connectivity index (χ0n) is 27.1. The van der Waals surface area contributed by atoms with E-state index < -0.39 is 35.1 Å². The second-order valence-electron chi connectivity index (χ2n) is 12.6. The summed E-state index contributed by atoms with van der Waals surface area (Å²) >= 11 is 0. The summed E-state index contributed by atoms with van der Waals surface area (Å²) in [5.41, 5.74) is 0.989. The molecule has 0 spiro atoms. The number of H-pyrrole nitrogens is 1. The Hall–Kier alpha value is -4.78. The van der Waals surface area contributed by atoms with Gasteiger partial charge in [0.2, 0.25) is 17.6 Å². The Kier molecular flexibility index (Phi) is 10.5. The number of hydrogen-bond acceptors (Lipinski definition) is 7. The minimum atomic E-state index is -1.26. The molecule has 2 bridgehead atoms. The van der Waals surface area contributed by atoms with Crippen LogP contribution in [0.3, 0.4) is 0 Å². The van der Waals surface area contributed by atoms with E-state index in [9.17, 15) is 28.8 Å². The number of hydrogen-bond donors (Lipinski definition) is 5. The Balaban J connectivity index is 1.29. The van der Waals surface area contributed by atoms with Gasteiger partial charge in [-0.3, -0.25) is 33.7 Å². The molecule has 2 aromatic heterocycles. The third-order valence-electron chi connectivity index (χ3n) is 9.15. The summed E-state index contributed by atoms with van der Waals surface area (Å²) in [4.78, 5) is 83.2. The number of carbonyl (C=O) groups is 5. The van der Waals surface area contributed by atoms with Gasteiger partial charge in [0.05, 0.1) is 6.17 Å². The number of rotatable bonds is 12. The van der Waals surface area contributed by atoms with E-state index in [2.05, 4.69) is 38.1 Å². The molecule has 5 atom stereocenters. The molecule has 2 fully saturated rings. The maximum absolute atomic E-state index is 13.5. The summed E-state index contributed by atoms with van der Waals surface area (Å²) in [5.74, 6) is -2.20. The van der Waals surface area contributed by atoms with Crippen LogP contribution in [-0.2, 0) is 25.7 Å². The van der Waals surface area contributed by atoms with Crippen molar-refractivity contribution in [1.82, 2.24) is 30.4 Å². The summed E-state index contributed by atoms with van der Waals surface area (Å²) in [6, 6.07) is 9.07. The zero-order valence-corrected chi connectivity index (χ0v) is 27.1. The number of pyridine rings is 1. The second kappa shape index (κ2) is 14.8. The quantitative estimate of drug-likeness (QED) is 0.187. The average molecular weight is 646 g/mol. The van der Waals surface area contributed by atoms with Crippen LogP contribution in [0.1, 0.15) is 62.0 Å². The first kappa shape index (κ1) is 33.6. The van der Waals surface area contributed by atoms with Crippen LogP contribution in [-0.4, -0.2) is 75.7 Å². The molecule has 13 nitrogen and oxygen atoms in total. The van der Waals surface area contributed by atoms with Crippen LogP contribution in [0.25, 0.3) is 10.9 Å². The van der Waals surface area contributed by atoms with Gasteiger partial charge in [-0.1, -0.05) is 25.1 Å². The van der Waals surface area contributed by atoms with E-state index in [-0.39, 0.29) is 49.4 Å². The van der Waals surface area contributed by atoms with Crippen molar-refractivity contribution in [1.29, 1.82) is 0 Å². The lowest BCUT2D eigenvalue weighted by atomic mass is 9.82. The number of anilines is 1. The summed E-state index contributed by atoms with van der Waals surface area (Å²) < 4.78 is 1.22. The van der Waals surface area contributed by atoms with Gasteiger partial charge in [-0.15, -0.1) is 0 Å². The van der Waals surface area contributed by atoms with Gasteiger partial charge < -0.3 is 30.8 Å². The van der Waals surface area contributed by atoms with Crippen LogP contribution in [0.5, 0.6) is 0 Å². The van der Waals surface area contributed by atoms with E-state index in [1.807, 2.05) is 24.3 Å². The molecule has 0 saturated carbocycles. The molecule has 5 rings (SSSR count). The fourth-order valence-corrected chi connectivity index (χ4v) is 6.79. The minimum absolute atomic E-state index is 0.0914. The van der Waals surface area contributed by atoms with Crippen molar-refractivity contribution in [2.24, 2.45) is 11.8 Å². The molecular weight excluding hydrogens is 602 g/mol. The lowest BCUT2D eigenvalue weighted by Crippen LogP contribution is -2.59. The molecule has 2 aliphatic rings. The lowest BCUT2D eigenvalue weighted by Gasteiger charge is -2.47. The van der Waals surface area contributed by atoms with Crippen molar-refractivity contribution < 1.29 is 24.0 Å². The Morgan fingerprint density at radius 2 is 1.87 bits per heavy atom. The van der Waals surface area contributed by atoms with Gasteiger partial charge in [0.1, 0.15) is 24.0 Å². The number of nitrogens with zero attached hydrogens (tertiary/aromatic N) is 2. The fraction of sp³-hybridized carbons (Fsp3) is 0.471. The first-order valence-corrected chi connectivity index (χ1v) is 16.3. The number of benzene rings is 1. The highest BCUT2D eigenvalue weighted by molar-refractivity contribution is 6.36. The maximum Gasteiger partial charge on any atom is 0.287 e. The van der Waals surface area contributed by atoms with E-state index in [1.54, 1.807) is 19.9 Å². The molecule has 250 valence electrons. The molecule has 47 heavy (non-hydrogen) atoms. The van der Waals surface area contributed by atoms with Gasteiger partial charge in [0, 0.05) is 43.2 Å². The van der Waals surface area contributed by atoms with Crippen LogP contribution >= 0.6 is 0 Å². The van der Waals surface area contributed by atoms with Gasteiger partial charge in [-0.25, -0.2) is 0 Å². The van der Waals surface area contributed by atoms with E-state index in [1.165, 1.54) is 23.3 Å². The van der Waals surface area contributed by atoms with Crippen LogP contribution in [0.15, 0.2) is 47.4 Å². The molecule has 3 aromatic rings. The van der Waals surface area contributed by atoms with Crippen molar-refractivity contribution in [2.45, 2.75) is 71.6 Å². The van der Waals surface area contributed by atoms with Crippen LogP contribution in [0.4, 0.5) is 5.69 Å². The topological polar surface area (TPSA) is 174 Å². The van der Waals surface area contributed by atoms with E-state index >= 15 is 0 Å². The number of para-hydroxylation sites is 1. The smallest absolute Gasteiger partial charge is 0.287 e. The standard InChI is InChI=1S/C34H43N7O6/c1-4-35-32(45)27(42)14-13-25(37-33(46)29-21(3)23-10-5-6-11-24(23)36-29)31(44)38-26-12-8-16-41(34(26)47)19-28(43)39-30-20(2)17-22-9-7-15-40(30)18-22/h5-6,8,10-12,16,20,22,25,30,36H,4,7,9,13-15,17-19H2,1-3H3,(H,35,45)(H,37,46)(H,38,44)(H,39,43). The fourth-order valence-electron chi connectivity index (χ4n) is 6.79. The summed E-state index contributed by atoms with van der Waals surface area (Å²) in [5, 5.41) is 11.6. The molecule has 4 amide bonds. The number of aryl methyl sites for hydroxylation is 1. The number of fused-ring (bicyclic) bond motifs is 3. The molecule has 13 heteroatoms. The van der Waals surface area contributed by atoms with Gasteiger partial charge in [0.15, 0.2) is 0 Å². The average Bonchev–Trinajstić information content (AvgIpc) is 3.39. The minimum Gasteiger partial charge on any atom is -0.350 e. The monoisotopic (exact) mass is 645 g/mol. The number of piperidine rings is 2. The number of nitrogens with one attached hydrogen (secondary N) is 5. The van der Waals surface area contributed by atoms with E-state index in [4.69, 9.17) is 0 Å². The predicted octanol–water partition coefficient (Wildman–Crippen LogP) is 2.05. The van der Waals surface area contributed by atoms with Crippen LogP contribution in [0, 0.1) is 18.8 Å². The largest absolute Gasteiger partial charge is 0.350 e. The molecule has 0 radical (unpaired) electrons. The summed E-state index contributed by atoms with van der Waals surface area (Å²) in [6.07, 6.45) is 4.25. The molecule has 5 N–H and O–H groups in total. The van der Waals surface area contributed by atoms with Crippen molar-refractivity contribution >= 4 is 46.0 Å². The first-order valence-electron chi connectivity index (χ1n) is 16.3. The molecule has 5 unspecified atom stereocenters. The van der Waals surface area contributed by atoms with Crippen LogP contribution < -0.4 is 26.8 Å². The highest BCUT2D eigenvalue weighted by atomic mass is 16.2. The van der Waals surface area contributed by atoms with Crippen molar-refractivity contribution in [3.63, 3.8) is 0 Å². The van der Waals surface area contributed by atoms with Gasteiger partial charge >= 0.3 is 0 Å². The number of aromatic nitrogens is 2. The Bertz CT molecular complexity index is 1730. The first-order chi connectivity index (χ1) is 22.5. The Labute approximate surface area is 272 Å². The predicted molar refractivity (Wildman–Crippen MR) is 177 cm³/mol. The number of carbonyl (C=O) groups excluding carboxylic acids is 5. The number of ketones is 1. The third-order valence-corrected chi connectivity index (χ3v) is 9.15. The van der Waals surface area contributed by atoms with Gasteiger partial charge in [0.25, 0.3) is 17.4 Å². The number of aromatic amines is 1. The van der Waals surface area contributed by atoms with Crippen molar-refractivity contribution in [3.05, 3.63) is 64.2 Å². The van der Waals surface area contributed by atoms with Crippen molar-refractivity contribution in [3.8, 4) is 0 Å². The van der Waals surface area contributed by atoms with E-state index in [0.717, 1.165) is 36.8 Å². The number of amides is 4. The van der Waals surface area contributed by atoms with Gasteiger partial charge in [-0.2, -0.15) is 0 Å². The van der Waals surface area contributed by atoms with Crippen LogP contribution in [0.2, 0.25) is 0 Å². The number of likely N-dealkylation sites (N-methyl/N-ethyl adjacent to an activating group) is 1. The summed E-state index contributed by atoms with van der Waals surface area (Å²) in [7, 11) is 0. The molecule has 2 saturated heterocycles. The third kappa shape index (κ3) is 7.79. The molecule has 0 aliphatic carbocycles. The van der Waals surface area contributed by atoms with Crippen molar-refractivity contribution in [2.75, 3.05) is 25.0 Å². The molecular formula is C34H43N7O6. The Morgan fingerprint density at radius 1 is 1.09 bits per heavy atom. The molecule has 1 aromatic carbocycles. The number of Topliss-reactive ketones (excluding diaryl/α,β-unsaturated/α-hetero) is 1. The summed E-state index contributed by atoms with van der Waals surface area (Å²) in [6.45, 7) is 7.52. The highest BCUT2D eigenvalue weighted by Gasteiger charge is 2.36. The SMILES string of the molecule is CCNC(=O)C(=O)CCC(NC(=O)c1[nH]c2ccccc2c1C)C(=O)Nc1cccn(CC(=O)NC2C(C)CC3CCCN2C3)c1=O. The van der Waals surface area contributed by atoms with E-state index in [0.29, 0.717) is 17.4 Å². The second-order valence-corrected chi connectivity index (χ2v) is 12.6. The molecule has 4 heterocycles. The zero-order chi connectivity index (χ0) is 33.7. The highest BCUT2D eigenvalue weighted by Crippen LogP contribution is 2.32. The maximum atomic E-state index is 13.5.